The molecule has 96 valence electrons. The maximum absolute atomic E-state index is 10.9. The Labute approximate surface area is 112 Å². The predicted octanol–water partition coefficient (Wildman–Crippen LogP) is 3.16. The smallest absolute Gasteiger partial charge is 0.270 e. The van der Waals surface area contributed by atoms with Crippen molar-refractivity contribution >= 4 is 22.5 Å². The van der Waals surface area contributed by atoms with Crippen LogP contribution >= 0.6 is 11.6 Å². The summed E-state index contributed by atoms with van der Waals surface area (Å²) in [6, 6.07) is 8.50. The van der Waals surface area contributed by atoms with Gasteiger partial charge in [-0.2, -0.15) is 0 Å². The van der Waals surface area contributed by atoms with Crippen LogP contribution < -0.4 is 4.74 Å². The standard InChI is InChI=1S/C12H7ClN2O4/c13-12(16)11-7-10(5-6-14-11)19-9-3-1-8(2-4-9)15(17)18/h1-7H. The van der Waals surface area contributed by atoms with Gasteiger partial charge < -0.3 is 4.74 Å². The van der Waals surface area contributed by atoms with E-state index in [0.717, 1.165) is 0 Å². The second-order valence-electron chi connectivity index (χ2n) is 3.50. The molecule has 0 atom stereocenters. The van der Waals surface area contributed by atoms with Crippen molar-refractivity contribution in [2.24, 2.45) is 0 Å². The van der Waals surface area contributed by atoms with Gasteiger partial charge in [-0.25, -0.2) is 0 Å². The molecular formula is C12H7ClN2O4. The third-order valence-electron chi connectivity index (χ3n) is 2.22. The molecule has 0 aliphatic rings. The Kier molecular flexibility index (Phi) is 3.72. The zero-order valence-electron chi connectivity index (χ0n) is 9.45. The van der Waals surface area contributed by atoms with Gasteiger partial charge in [0.05, 0.1) is 4.92 Å². The molecule has 2 aromatic rings. The minimum absolute atomic E-state index is 0.0290. The maximum atomic E-state index is 10.9. The molecule has 7 heteroatoms. The molecule has 0 bridgehead atoms. The van der Waals surface area contributed by atoms with Crippen LogP contribution in [0.2, 0.25) is 0 Å². The molecule has 2 rings (SSSR count). The van der Waals surface area contributed by atoms with Crippen LogP contribution in [0, 0.1) is 10.1 Å². The number of pyridine rings is 1. The molecule has 1 aromatic carbocycles. The molecule has 0 fully saturated rings. The summed E-state index contributed by atoms with van der Waals surface area (Å²) in [4.78, 5) is 24.7. The van der Waals surface area contributed by atoms with Crippen LogP contribution in [0.3, 0.4) is 0 Å². The van der Waals surface area contributed by atoms with Gasteiger partial charge in [-0.15, -0.1) is 0 Å². The summed E-state index contributed by atoms with van der Waals surface area (Å²) < 4.78 is 5.43. The predicted molar refractivity (Wildman–Crippen MR) is 67.6 cm³/mol. The van der Waals surface area contributed by atoms with Crippen molar-refractivity contribution in [1.82, 2.24) is 4.98 Å². The van der Waals surface area contributed by atoms with E-state index in [1.807, 2.05) is 0 Å². The Morgan fingerprint density at radius 3 is 2.47 bits per heavy atom. The number of benzene rings is 1. The Balaban J connectivity index is 2.19. The van der Waals surface area contributed by atoms with Crippen molar-refractivity contribution < 1.29 is 14.5 Å². The highest BCUT2D eigenvalue weighted by atomic mass is 35.5. The number of nitro groups is 1. The van der Waals surface area contributed by atoms with Crippen molar-refractivity contribution in [3.05, 3.63) is 58.4 Å². The Morgan fingerprint density at radius 1 is 1.21 bits per heavy atom. The van der Waals surface area contributed by atoms with Crippen LogP contribution in [-0.4, -0.2) is 15.1 Å². The van der Waals surface area contributed by atoms with Crippen LogP contribution in [0.4, 0.5) is 5.69 Å². The van der Waals surface area contributed by atoms with E-state index in [0.29, 0.717) is 11.5 Å². The maximum Gasteiger partial charge on any atom is 0.270 e. The number of aromatic nitrogens is 1. The summed E-state index contributed by atoms with van der Waals surface area (Å²) in [6.45, 7) is 0. The Hall–Kier alpha value is -2.47. The lowest BCUT2D eigenvalue weighted by atomic mass is 10.3. The second kappa shape index (κ2) is 5.45. The number of ether oxygens (including phenoxy) is 1. The van der Waals surface area contributed by atoms with Gasteiger partial charge in [-0.3, -0.25) is 19.9 Å². The van der Waals surface area contributed by atoms with Gasteiger partial charge in [0.2, 0.25) is 0 Å². The van der Waals surface area contributed by atoms with Crippen LogP contribution in [0.25, 0.3) is 0 Å². The minimum Gasteiger partial charge on any atom is -0.457 e. The first-order valence-electron chi connectivity index (χ1n) is 5.14. The zero-order chi connectivity index (χ0) is 13.8. The zero-order valence-corrected chi connectivity index (χ0v) is 10.2. The van der Waals surface area contributed by atoms with Crippen molar-refractivity contribution in [2.75, 3.05) is 0 Å². The van der Waals surface area contributed by atoms with Gasteiger partial charge in [-0.05, 0) is 29.8 Å². The highest BCUT2D eigenvalue weighted by Gasteiger charge is 2.07. The summed E-state index contributed by atoms with van der Waals surface area (Å²) in [5, 5.41) is 9.81. The van der Waals surface area contributed by atoms with E-state index >= 15 is 0 Å². The van der Waals surface area contributed by atoms with Crippen molar-refractivity contribution in [2.45, 2.75) is 0 Å². The summed E-state index contributed by atoms with van der Waals surface area (Å²) >= 11 is 5.30. The van der Waals surface area contributed by atoms with Gasteiger partial charge >= 0.3 is 0 Å². The highest BCUT2D eigenvalue weighted by Crippen LogP contribution is 2.24. The SMILES string of the molecule is O=C(Cl)c1cc(Oc2ccc([N+](=O)[O-])cc2)ccn1. The second-order valence-corrected chi connectivity index (χ2v) is 3.85. The fourth-order valence-corrected chi connectivity index (χ4v) is 1.46. The molecule has 0 saturated carbocycles. The molecule has 0 aliphatic carbocycles. The molecule has 0 saturated heterocycles. The molecular weight excluding hydrogens is 272 g/mol. The van der Waals surface area contributed by atoms with Crippen LogP contribution in [0.15, 0.2) is 42.6 Å². The normalized spacial score (nSPS) is 9.95. The van der Waals surface area contributed by atoms with Crippen molar-refractivity contribution in [1.29, 1.82) is 0 Å². The molecule has 0 N–H and O–H groups in total. The lowest BCUT2D eigenvalue weighted by molar-refractivity contribution is -0.384. The van der Waals surface area contributed by atoms with Gasteiger partial charge in [0.25, 0.3) is 10.9 Å². The number of hydrogen-bond donors (Lipinski definition) is 0. The fraction of sp³-hybridized carbons (Fsp3) is 0. The first-order valence-corrected chi connectivity index (χ1v) is 5.52. The number of nitro benzene ring substituents is 1. The average molecular weight is 279 g/mol. The van der Waals surface area contributed by atoms with Gasteiger partial charge in [0.15, 0.2) is 0 Å². The third-order valence-corrected chi connectivity index (χ3v) is 2.41. The number of nitrogens with zero attached hydrogens (tertiary/aromatic N) is 2. The molecule has 0 unspecified atom stereocenters. The average Bonchev–Trinajstić information content (AvgIpc) is 2.39. The third kappa shape index (κ3) is 3.26. The molecule has 0 radical (unpaired) electrons. The van der Waals surface area contributed by atoms with Crippen molar-refractivity contribution in [3.63, 3.8) is 0 Å². The lowest BCUT2D eigenvalue weighted by Gasteiger charge is -2.05. The monoisotopic (exact) mass is 278 g/mol. The number of carbonyl (C=O) groups is 1. The molecule has 1 aromatic heterocycles. The summed E-state index contributed by atoms with van der Waals surface area (Å²) in [6.07, 6.45) is 1.39. The summed E-state index contributed by atoms with van der Waals surface area (Å²) in [5.41, 5.74) is 0.0415. The molecule has 0 spiro atoms. The number of hydrogen-bond acceptors (Lipinski definition) is 5. The minimum atomic E-state index is -0.686. The van der Waals surface area contributed by atoms with E-state index in [4.69, 9.17) is 16.3 Å². The number of non-ortho nitro benzene ring substituents is 1. The van der Waals surface area contributed by atoms with Gasteiger partial charge in [-0.1, -0.05) is 0 Å². The van der Waals surface area contributed by atoms with Crippen LogP contribution in [-0.2, 0) is 0 Å². The fourth-order valence-electron chi connectivity index (χ4n) is 1.35. The van der Waals surface area contributed by atoms with Crippen LogP contribution in [0.1, 0.15) is 10.5 Å². The summed E-state index contributed by atoms with van der Waals surface area (Å²) in [5.74, 6) is 0.776. The van der Waals surface area contributed by atoms with Crippen molar-refractivity contribution in [3.8, 4) is 11.5 Å². The van der Waals surface area contributed by atoms with Crippen LogP contribution in [0.5, 0.6) is 11.5 Å². The number of rotatable bonds is 4. The number of halogens is 1. The lowest BCUT2D eigenvalue weighted by Crippen LogP contribution is -1.94. The number of carbonyl (C=O) groups excluding carboxylic acids is 1. The van der Waals surface area contributed by atoms with E-state index < -0.39 is 10.2 Å². The molecule has 0 aliphatic heterocycles. The molecule has 1 heterocycles. The molecule has 0 amide bonds. The van der Waals surface area contributed by atoms with E-state index in [-0.39, 0.29) is 11.4 Å². The molecule has 6 nitrogen and oxygen atoms in total. The highest BCUT2D eigenvalue weighted by molar-refractivity contribution is 6.67. The van der Waals surface area contributed by atoms with Gasteiger partial charge in [0, 0.05) is 24.4 Å². The first-order chi connectivity index (χ1) is 9.06. The van der Waals surface area contributed by atoms with Gasteiger partial charge in [0.1, 0.15) is 17.2 Å². The van der Waals surface area contributed by atoms with E-state index in [9.17, 15) is 14.9 Å². The van der Waals surface area contributed by atoms with E-state index in [2.05, 4.69) is 4.98 Å². The quantitative estimate of drug-likeness (QED) is 0.487. The Bertz CT molecular complexity index is 628. The summed E-state index contributed by atoms with van der Waals surface area (Å²) in [7, 11) is 0. The Morgan fingerprint density at radius 2 is 1.89 bits per heavy atom. The topological polar surface area (TPSA) is 82.3 Å². The first kappa shape index (κ1) is 13.0. The van der Waals surface area contributed by atoms with E-state index in [1.54, 1.807) is 6.07 Å². The molecule has 19 heavy (non-hydrogen) atoms. The van der Waals surface area contributed by atoms with E-state index in [1.165, 1.54) is 36.5 Å². The largest absolute Gasteiger partial charge is 0.457 e.